The molecule has 2 rings (SSSR count). The van der Waals surface area contributed by atoms with Crippen molar-refractivity contribution < 1.29 is 14.3 Å². The van der Waals surface area contributed by atoms with Gasteiger partial charge in [-0.25, -0.2) is 0 Å². The molecule has 130 valence electrons. The highest BCUT2D eigenvalue weighted by molar-refractivity contribution is 5.85. The van der Waals surface area contributed by atoms with E-state index < -0.39 is 0 Å². The van der Waals surface area contributed by atoms with Gasteiger partial charge in [-0.3, -0.25) is 4.79 Å². The molecule has 0 bridgehead atoms. The van der Waals surface area contributed by atoms with Gasteiger partial charge < -0.3 is 20.1 Å². The van der Waals surface area contributed by atoms with Crippen molar-refractivity contribution in [2.45, 2.75) is 32.4 Å². The highest BCUT2D eigenvalue weighted by atomic mass is 35.5. The van der Waals surface area contributed by atoms with E-state index >= 15 is 0 Å². The molecule has 1 aromatic carbocycles. The Bertz CT molecular complexity index is 492. The molecule has 1 aliphatic heterocycles. The molecule has 0 radical (unpaired) electrons. The summed E-state index contributed by atoms with van der Waals surface area (Å²) >= 11 is 0. The second kappa shape index (κ2) is 9.75. The van der Waals surface area contributed by atoms with Crippen LogP contribution in [0.15, 0.2) is 24.3 Å². The summed E-state index contributed by atoms with van der Waals surface area (Å²) in [7, 11) is 1.64. The third-order valence-corrected chi connectivity index (χ3v) is 4.04. The van der Waals surface area contributed by atoms with Crippen molar-refractivity contribution in [2.24, 2.45) is 11.7 Å². The molecule has 2 N–H and O–H groups in total. The van der Waals surface area contributed by atoms with Crippen molar-refractivity contribution in [2.75, 3.05) is 26.8 Å². The first kappa shape index (κ1) is 19.7. The van der Waals surface area contributed by atoms with E-state index in [0.29, 0.717) is 19.6 Å². The van der Waals surface area contributed by atoms with Crippen molar-refractivity contribution >= 4 is 18.3 Å². The Morgan fingerprint density at radius 3 is 2.91 bits per heavy atom. The zero-order valence-corrected chi connectivity index (χ0v) is 14.7. The fourth-order valence-corrected chi connectivity index (χ4v) is 2.67. The number of ether oxygens (including phenoxy) is 2. The number of carbonyl (C=O) groups is 1. The average Bonchev–Trinajstić information content (AvgIpc) is 3.06. The fourth-order valence-electron chi connectivity index (χ4n) is 2.67. The molecule has 5 nitrogen and oxygen atoms in total. The number of hydrogen-bond donors (Lipinski definition) is 1. The molecule has 2 unspecified atom stereocenters. The van der Waals surface area contributed by atoms with E-state index in [0.717, 1.165) is 30.8 Å². The lowest BCUT2D eigenvalue weighted by Crippen LogP contribution is -2.41. The first-order valence-electron chi connectivity index (χ1n) is 7.87. The minimum atomic E-state index is -0.174. The van der Waals surface area contributed by atoms with Gasteiger partial charge in [-0.05, 0) is 30.5 Å². The third kappa shape index (κ3) is 5.68. The number of nitrogens with two attached hydrogens (primary N) is 1. The number of amides is 1. The Hall–Kier alpha value is -1.30. The predicted molar refractivity (Wildman–Crippen MR) is 92.9 cm³/mol. The summed E-state index contributed by atoms with van der Waals surface area (Å²) in [4.78, 5) is 14.4. The summed E-state index contributed by atoms with van der Waals surface area (Å²) in [6.45, 7) is 4.20. The van der Waals surface area contributed by atoms with Crippen LogP contribution in [0.5, 0.6) is 5.75 Å². The molecule has 0 aromatic heterocycles. The normalized spacial score (nSPS) is 18.1. The van der Waals surface area contributed by atoms with Gasteiger partial charge in [-0.2, -0.15) is 0 Å². The van der Waals surface area contributed by atoms with Gasteiger partial charge in [-0.15, -0.1) is 12.4 Å². The van der Waals surface area contributed by atoms with Gasteiger partial charge in [0, 0.05) is 32.2 Å². The molecule has 1 fully saturated rings. The average molecular weight is 343 g/mol. The van der Waals surface area contributed by atoms with Gasteiger partial charge in [0.1, 0.15) is 5.75 Å². The lowest BCUT2D eigenvalue weighted by Gasteiger charge is -2.28. The Labute approximate surface area is 144 Å². The Morgan fingerprint density at radius 1 is 1.52 bits per heavy atom. The first-order valence-corrected chi connectivity index (χ1v) is 7.87. The van der Waals surface area contributed by atoms with E-state index in [9.17, 15) is 4.79 Å². The van der Waals surface area contributed by atoms with Gasteiger partial charge >= 0.3 is 0 Å². The number of benzene rings is 1. The van der Waals surface area contributed by atoms with Crippen LogP contribution in [0.3, 0.4) is 0 Å². The Balaban J connectivity index is 0.00000264. The number of carbonyl (C=O) groups excluding carboxylic acids is 1. The maximum atomic E-state index is 12.6. The molecule has 23 heavy (non-hydrogen) atoms. The predicted octanol–water partition coefficient (Wildman–Crippen LogP) is 2.22. The van der Waals surface area contributed by atoms with Crippen molar-refractivity contribution in [1.29, 1.82) is 0 Å². The van der Waals surface area contributed by atoms with Crippen LogP contribution < -0.4 is 10.5 Å². The SMILES string of the molecule is COc1cccc(CN(CC2CCCO2)C(=O)C(C)CN)c1.Cl. The van der Waals surface area contributed by atoms with Gasteiger partial charge in [0.25, 0.3) is 0 Å². The van der Waals surface area contributed by atoms with Crippen LogP contribution in [0.25, 0.3) is 0 Å². The van der Waals surface area contributed by atoms with Gasteiger partial charge in [-0.1, -0.05) is 19.1 Å². The molecule has 1 heterocycles. The second-order valence-electron chi connectivity index (χ2n) is 5.84. The van der Waals surface area contributed by atoms with Gasteiger partial charge in [0.15, 0.2) is 0 Å². The van der Waals surface area contributed by atoms with Crippen LogP contribution in [0.2, 0.25) is 0 Å². The molecule has 1 amide bonds. The largest absolute Gasteiger partial charge is 0.497 e. The Kier molecular flexibility index (Phi) is 8.37. The van der Waals surface area contributed by atoms with Crippen LogP contribution in [0.1, 0.15) is 25.3 Å². The molecule has 1 aliphatic rings. The van der Waals surface area contributed by atoms with Crippen LogP contribution in [0, 0.1) is 5.92 Å². The summed E-state index contributed by atoms with van der Waals surface area (Å²) in [5.41, 5.74) is 6.71. The topological polar surface area (TPSA) is 64.8 Å². The lowest BCUT2D eigenvalue weighted by atomic mass is 10.1. The molecule has 0 saturated carbocycles. The molecular weight excluding hydrogens is 316 g/mol. The smallest absolute Gasteiger partial charge is 0.227 e. The molecule has 1 saturated heterocycles. The number of methoxy groups -OCH3 is 1. The van der Waals surface area contributed by atoms with E-state index in [1.807, 2.05) is 36.1 Å². The number of hydrogen-bond acceptors (Lipinski definition) is 4. The maximum absolute atomic E-state index is 12.6. The molecule has 0 aliphatic carbocycles. The standard InChI is InChI=1S/C17H26N2O3.ClH/c1-13(10-18)17(20)19(12-16-7-4-8-22-16)11-14-5-3-6-15(9-14)21-2;/h3,5-6,9,13,16H,4,7-8,10-12,18H2,1-2H3;1H. The van der Waals surface area contributed by atoms with E-state index in [1.54, 1.807) is 7.11 Å². The minimum Gasteiger partial charge on any atom is -0.497 e. The summed E-state index contributed by atoms with van der Waals surface area (Å²) in [5.74, 6) is 0.710. The van der Waals surface area contributed by atoms with Crippen LogP contribution in [0.4, 0.5) is 0 Å². The van der Waals surface area contributed by atoms with E-state index in [-0.39, 0.29) is 30.3 Å². The molecule has 6 heteroatoms. The number of nitrogens with zero attached hydrogens (tertiary/aromatic N) is 1. The number of rotatable bonds is 7. The first-order chi connectivity index (χ1) is 10.6. The molecular formula is C17H27ClN2O3. The van der Waals surface area contributed by atoms with E-state index in [4.69, 9.17) is 15.2 Å². The van der Waals surface area contributed by atoms with Crippen LogP contribution in [-0.4, -0.2) is 43.7 Å². The summed E-state index contributed by atoms with van der Waals surface area (Å²) in [5, 5.41) is 0. The quantitative estimate of drug-likeness (QED) is 0.825. The van der Waals surface area contributed by atoms with Crippen LogP contribution in [-0.2, 0) is 16.1 Å². The maximum Gasteiger partial charge on any atom is 0.227 e. The zero-order valence-electron chi connectivity index (χ0n) is 13.9. The van der Waals surface area contributed by atoms with Crippen LogP contribution >= 0.6 is 12.4 Å². The Morgan fingerprint density at radius 2 is 2.30 bits per heavy atom. The molecule has 0 spiro atoms. The van der Waals surface area contributed by atoms with Crippen molar-refractivity contribution in [3.63, 3.8) is 0 Å². The highest BCUT2D eigenvalue weighted by Crippen LogP contribution is 2.19. The highest BCUT2D eigenvalue weighted by Gasteiger charge is 2.25. The fraction of sp³-hybridized carbons (Fsp3) is 0.588. The van der Waals surface area contributed by atoms with E-state index in [1.165, 1.54) is 0 Å². The third-order valence-electron chi connectivity index (χ3n) is 4.04. The summed E-state index contributed by atoms with van der Waals surface area (Å²) in [6, 6.07) is 7.81. The summed E-state index contributed by atoms with van der Waals surface area (Å²) < 4.78 is 10.9. The zero-order chi connectivity index (χ0) is 15.9. The van der Waals surface area contributed by atoms with Gasteiger partial charge in [0.2, 0.25) is 5.91 Å². The van der Waals surface area contributed by atoms with Crippen molar-refractivity contribution in [3.05, 3.63) is 29.8 Å². The number of halogens is 1. The second-order valence-corrected chi connectivity index (χ2v) is 5.84. The minimum absolute atomic E-state index is 0. The lowest BCUT2D eigenvalue weighted by molar-refractivity contribution is -0.137. The molecule has 1 aromatic rings. The molecule has 2 atom stereocenters. The van der Waals surface area contributed by atoms with E-state index in [2.05, 4.69) is 0 Å². The summed E-state index contributed by atoms with van der Waals surface area (Å²) in [6.07, 6.45) is 2.22. The van der Waals surface area contributed by atoms with Crippen molar-refractivity contribution in [3.8, 4) is 5.75 Å². The van der Waals surface area contributed by atoms with Gasteiger partial charge in [0.05, 0.1) is 13.2 Å². The van der Waals surface area contributed by atoms with Crippen molar-refractivity contribution in [1.82, 2.24) is 4.90 Å². The monoisotopic (exact) mass is 342 g/mol.